The van der Waals surface area contributed by atoms with Gasteiger partial charge in [-0.15, -0.1) is 0 Å². The van der Waals surface area contributed by atoms with Crippen LogP contribution >= 0.6 is 23.2 Å². The predicted octanol–water partition coefficient (Wildman–Crippen LogP) is 6.70. The maximum Gasteiger partial charge on any atom is 0.290 e. The molecule has 1 aliphatic heterocycles. The van der Waals surface area contributed by atoms with Gasteiger partial charge in [-0.1, -0.05) is 47.5 Å². The number of benzene rings is 3. The van der Waals surface area contributed by atoms with Crippen LogP contribution in [0.5, 0.6) is 0 Å². The summed E-state index contributed by atoms with van der Waals surface area (Å²) in [4.78, 5) is 28.1. The second-order valence-corrected chi connectivity index (χ2v) is 9.09. The molecule has 1 aromatic heterocycles. The van der Waals surface area contributed by atoms with Gasteiger partial charge in [0.1, 0.15) is 11.4 Å². The number of aliphatic hydroxyl groups is 1. The fraction of sp³-hybridized carbons (Fsp3) is 0.111. The van der Waals surface area contributed by atoms with Crippen LogP contribution in [-0.4, -0.2) is 28.2 Å². The normalized spacial score (nSPS) is 15.9. The van der Waals surface area contributed by atoms with Crippen molar-refractivity contribution in [2.75, 3.05) is 6.54 Å². The molecule has 1 aliphatic rings. The number of hydrogen-bond acceptors (Lipinski definition) is 4. The molecular formula is C27H18Cl2FNO4. The number of hydrogen-bond donors (Lipinski definition) is 1. The molecule has 1 unspecified atom stereocenters. The molecule has 1 N–H and O–H groups in total. The van der Waals surface area contributed by atoms with Crippen LogP contribution in [0.2, 0.25) is 10.0 Å². The molecule has 35 heavy (non-hydrogen) atoms. The van der Waals surface area contributed by atoms with Crippen LogP contribution in [0.1, 0.15) is 27.7 Å². The van der Waals surface area contributed by atoms with E-state index in [9.17, 15) is 19.1 Å². The molecule has 0 radical (unpaired) electrons. The van der Waals surface area contributed by atoms with Crippen molar-refractivity contribution in [1.29, 1.82) is 0 Å². The average Bonchev–Trinajstić information content (AvgIpc) is 3.37. The lowest BCUT2D eigenvalue weighted by molar-refractivity contribution is -0.129. The van der Waals surface area contributed by atoms with E-state index >= 15 is 0 Å². The molecule has 176 valence electrons. The summed E-state index contributed by atoms with van der Waals surface area (Å²) in [6, 6.07) is 18.2. The zero-order chi connectivity index (χ0) is 24.7. The van der Waals surface area contributed by atoms with E-state index in [1.54, 1.807) is 30.3 Å². The summed E-state index contributed by atoms with van der Waals surface area (Å²) in [5.41, 5.74) is 1.74. The Labute approximate surface area is 210 Å². The molecule has 0 saturated heterocycles. The van der Waals surface area contributed by atoms with Gasteiger partial charge in [-0.3, -0.25) is 9.59 Å². The molecule has 0 fully saturated rings. The predicted molar refractivity (Wildman–Crippen MR) is 131 cm³/mol. The number of ketones is 1. The average molecular weight is 510 g/mol. The van der Waals surface area contributed by atoms with Crippen molar-refractivity contribution >= 4 is 45.9 Å². The van der Waals surface area contributed by atoms with Crippen molar-refractivity contribution < 1.29 is 23.5 Å². The summed E-state index contributed by atoms with van der Waals surface area (Å²) >= 11 is 12.0. The first-order chi connectivity index (χ1) is 16.8. The van der Waals surface area contributed by atoms with Crippen LogP contribution < -0.4 is 0 Å². The van der Waals surface area contributed by atoms with Gasteiger partial charge in [0.05, 0.1) is 11.6 Å². The molecule has 1 amide bonds. The topological polar surface area (TPSA) is 70.8 Å². The number of carbonyl (C=O) groups is 2. The van der Waals surface area contributed by atoms with E-state index in [0.29, 0.717) is 33.0 Å². The molecule has 2 heterocycles. The Morgan fingerprint density at radius 3 is 2.37 bits per heavy atom. The Balaban J connectivity index is 1.53. The van der Waals surface area contributed by atoms with Gasteiger partial charge in [0.15, 0.2) is 11.5 Å². The maximum absolute atomic E-state index is 13.7. The zero-order valence-electron chi connectivity index (χ0n) is 18.2. The lowest BCUT2D eigenvalue weighted by Crippen LogP contribution is -2.33. The van der Waals surface area contributed by atoms with Gasteiger partial charge in [-0.25, -0.2) is 4.39 Å². The standard InChI is InChI=1S/C27H18Cl2FNO4/c28-18-5-1-15(2-6-18)11-12-31-24(16-3-8-20(30)9-4-16)23(26(33)27(31)34)25(32)22-14-17-13-19(29)7-10-21(17)35-22/h1-10,13-14,24,33H,11-12H2. The molecule has 1 atom stereocenters. The highest BCUT2D eigenvalue weighted by Gasteiger charge is 2.44. The van der Waals surface area contributed by atoms with Crippen LogP contribution in [0.25, 0.3) is 11.0 Å². The molecule has 0 aliphatic carbocycles. The van der Waals surface area contributed by atoms with Crippen molar-refractivity contribution in [2.45, 2.75) is 12.5 Å². The van der Waals surface area contributed by atoms with Crippen LogP contribution in [0.3, 0.4) is 0 Å². The summed E-state index contributed by atoms with van der Waals surface area (Å²) < 4.78 is 19.4. The number of carbonyl (C=O) groups excluding carboxylic acids is 2. The van der Waals surface area contributed by atoms with E-state index in [1.165, 1.54) is 35.2 Å². The van der Waals surface area contributed by atoms with E-state index in [0.717, 1.165) is 5.56 Å². The van der Waals surface area contributed by atoms with Gasteiger partial charge in [-0.2, -0.15) is 0 Å². The lowest BCUT2D eigenvalue weighted by Gasteiger charge is -2.26. The number of furan rings is 1. The van der Waals surface area contributed by atoms with Crippen molar-refractivity contribution in [1.82, 2.24) is 4.90 Å². The molecule has 5 nitrogen and oxygen atoms in total. The van der Waals surface area contributed by atoms with Gasteiger partial charge in [0.25, 0.3) is 5.91 Å². The minimum atomic E-state index is -0.917. The molecule has 4 aromatic rings. The first-order valence-electron chi connectivity index (χ1n) is 10.8. The third kappa shape index (κ3) is 4.43. The molecule has 0 spiro atoms. The molecule has 0 saturated carbocycles. The van der Waals surface area contributed by atoms with Crippen molar-refractivity contribution in [3.8, 4) is 0 Å². The van der Waals surface area contributed by atoms with Gasteiger partial charge >= 0.3 is 0 Å². The number of halogens is 3. The minimum absolute atomic E-state index is 0.0386. The molecule has 3 aromatic carbocycles. The van der Waals surface area contributed by atoms with Crippen LogP contribution in [0.4, 0.5) is 4.39 Å². The van der Waals surface area contributed by atoms with E-state index in [1.807, 2.05) is 12.1 Å². The van der Waals surface area contributed by atoms with Gasteiger partial charge in [0.2, 0.25) is 5.78 Å². The Morgan fingerprint density at radius 2 is 1.66 bits per heavy atom. The Bertz CT molecular complexity index is 1480. The summed E-state index contributed by atoms with van der Waals surface area (Å²) in [5.74, 6) is -2.47. The van der Waals surface area contributed by atoms with E-state index < -0.39 is 29.3 Å². The highest BCUT2D eigenvalue weighted by molar-refractivity contribution is 6.31. The quantitative estimate of drug-likeness (QED) is 0.293. The summed E-state index contributed by atoms with van der Waals surface area (Å²) in [6.45, 7) is 0.207. The molecule has 5 rings (SSSR count). The number of fused-ring (bicyclic) bond motifs is 1. The fourth-order valence-corrected chi connectivity index (χ4v) is 4.57. The van der Waals surface area contributed by atoms with Gasteiger partial charge in [0, 0.05) is 22.0 Å². The smallest absolute Gasteiger partial charge is 0.290 e. The number of amides is 1. The highest BCUT2D eigenvalue weighted by atomic mass is 35.5. The fourth-order valence-electron chi connectivity index (χ4n) is 4.27. The first kappa shape index (κ1) is 23.1. The number of aliphatic hydroxyl groups excluding tert-OH is 1. The molecule has 8 heteroatoms. The third-order valence-electron chi connectivity index (χ3n) is 5.99. The van der Waals surface area contributed by atoms with E-state index in [4.69, 9.17) is 27.6 Å². The lowest BCUT2D eigenvalue weighted by atomic mass is 9.94. The van der Waals surface area contributed by atoms with E-state index in [-0.39, 0.29) is 17.9 Å². The molecule has 0 bridgehead atoms. The SMILES string of the molecule is O=C(C1=C(O)C(=O)N(CCc2ccc(Cl)cc2)C1c1ccc(F)cc1)c1cc2cc(Cl)ccc2o1. The minimum Gasteiger partial charge on any atom is -0.503 e. The summed E-state index contributed by atoms with van der Waals surface area (Å²) in [5, 5.41) is 12.5. The van der Waals surface area contributed by atoms with Crippen LogP contribution in [0, 0.1) is 5.82 Å². The summed E-state index contributed by atoms with van der Waals surface area (Å²) in [7, 11) is 0. The second-order valence-electron chi connectivity index (χ2n) is 8.21. The highest BCUT2D eigenvalue weighted by Crippen LogP contribution is 2.40. The monoisotopic (exact) mass is 509 g/mol. The van der Waals surface area contributed by atoms with E-state index in [2.05, 4.69) is 0 Å². The van der Waals surface area contributed by atoms with Gasteiger partial charge < -0.3 is 14.4 Å². The number of rotatable bonds is 6. The third-order valence-corrected chi connectivity index (χ3v) is 6.48. The number of Topliss-reactive ketones (excluding diaryl/α,β-unsaturated/α-hetero) is 1. The van der Waals surface area contributed by atoms with Crippen molar-refractivity contribution in [2.24, 2.45) is 0 Å². The largest absolute Gasteiger partial charge is 0.503 e. The van der Waals surface area contributed by atoms with Crippen LogP contribution in [0.15, 0.2) is 88.5 Å². The van der Waals surface area contributed by atoms with Crippen molar-refractivity contribution in [3.63, 3.8) is 0 Å². The Morgan fingerprint density at radius 1 is 0.971 bits per heavy atom. The zero-order valence-corrected chi connectivity index (χ0v) is 19.7. The van der Waals surface area contributed by atoms with Crippen molar-refractivity contribution in [3.05, 3.63) is 117 Å². The Hall–Kier alpha value is -3.61. The van der Waals surface area contributed by atoms with Crippen LogP contribution in [-0.2, 0) is 11.2 Å². The van der Waals surface area contributed by atoms with Gasteiger partial charge in [-0.05, 0) is 66.1 Å². The number of nitrogens with zero attached hydrogens (tertiary/aromatic N) is 1. The second kappa shape index (κ2) is 9.21. The summed E-state index contributed by atoms with van der Waals surface area (Å²) in [6.07, 6.45) is 0.457. The maximum atomic E-state index is 13.7. The molecular weight excluding hydrogens is 492 g/mol. The Kier molecular flexibility index (Phi) is 6.09. The first-order valence-corrected chi connectivity index (χ1v) is 11.6.